The number of hydrogen-bond acceptors (Lipinski definition) is 1. The molecule has 0 radical (unpaired) electrons. The van der Waals surface area contributed by atoms with Crippen LogP contribution in [0.5, 0.6) is 0 Å². The van der Waals surface area contributed by atoms with E-state index < -0.39 is 0 Å². The van der Waals surface area contributed by atoms with Crippen molar-refractivity contribution in [2.24, 2.45) is 0 Å². The molecule has 0 aromatic carbocycles. The molecule has 0 spiro atoms. The molecule has 0 fully saturated rings. The molecule has 0 aromatic rings. The van der Waals surface area contributed by atoms with Crippen LogP contribution >= 0.6 is 0 Å². The van der Waals surface area contributed by atoms with E-state index in [0.717, 1.165) is 0 Å². The second kappa shape index (κ2) is 3.58. The van der Waals surface area contributed by atoms with Crippen molar-refractivity contribution in [3.8, 4) is 6.07 Å². The van der Waals surface area contributed by atoms with Crippen molar-refractivity contribution in [1.29, 1.82) is 5.26 Å². The summed E-state index contributed by atoms with van der Waals surface area (Å²) in [5, 5.41) is 8.55. The quantitative estimate of drug-likeness (QED) is 0.511. The summed E-state index contributed by atoms with van der Waals surface area (Å²) in [6.07, 6.45) is 11.3. The Morgan fingerprint density at radius 3 is 2.64 bits per heavy atom. The Kier molecular flexibility index (Phi) is 2.46. The Balaban J connectivity index is 2.90. The van der Waals surface area contributed by atoms with E-state index in [2.05, 4.69) is 6.07 Å². The van der Waals surface area contributed by atoms with Crippen LogP contribution in [0.1, 0.15) is 6.92 Å². The van der Waals surface area contributed by atoms with Crippen molar-refractivity contribution in [2.45, 2.75) is 6.92 Å². The highest BCUT2D eigenvalue weighted by atomic mass is 14.2. The summed E-state index contributed by atoms with van der Waals surface area (Å²) in [6.45, 7) is 2.02. The minimum atomic E-state index is 0.685. The van der Waals surface area contributed by atoms with Crippen LogP contribution in [0.15, 0.2) is 47.6 Å². The highest BCUT2D eigenvalue weighted by Crippen LogP contribution is 2.03. The zero-order chi connectivity index (χ0) is 8.10. The Morgan fingerprint density at radius 1 is 1.18 bits per heavy atom. The van der Waals surface area contributed by atoms with Crippen LogP contribution in [-0.2, 0) is 0 Å². The fraction of sp³-hybridized carbons (Fsp3) is 0.100. The van der Waals surface area contributed by atoms with Crippen LogP contribution in [0, 0.1) is 11.3 Å². The third kappa shape index (κ3) is 2.27. The molecule has 0 aromatic heterocycles. The van der Waals surface area contributed by atoms with Crippen molar-refractivity contribution in [3.63, 3.8) is 0 Å². The fourth-order valence-electron chi connectivity index (χ4n) is 0.793. The van der Waals surface area contributed by atoms with Crippen molar-refractivity contribution in [1.82, 2.24) is 0 Å². The first-order chi connectivity index (χ1) is 5.33. The first-order valence-electron chi connectivity index (χ1n) is 3.46. The molecule has 1 aliphatic rings. The minimum Gasteiger partial charge on any atom is -0.192 e. The maximum absolute atomic E-state index is 8.55. The van der Waals surface area contributed by atoms with Crippen LogP contribution < -0.4 is 0 Å². The first kappa shape index (κ1) is 7.56. The molecule has 0 N–H and O–H groups in total. The third-order valence-corrected chi connectivity index (χ3v) is 1.40. The number of hydrogen-bond donors (Lipinski definition) is 0. The maximum atomic E-state index is 8.55. The summed E-state index contributed by atoms with van der Waals surface area (Å²) in [7, 11) is 0. The predicted octanol–water partition coefficient (Wildman–Crippen LogP) is 2.51. The van der Waals surface area contributed by atoms with Gasteiger partial charge in [0.15, 0.2) is 0 Å². The molecule has 0 saturated heterocycles. The van der Waals surface area contributed by atoms with Gasteiger partial charge < -0.3 is 0 Å². The Labute approximate surface area is 66.7 Å². The number of nitriles is 1. The van der Waals surface area contributed by atoms with Gasteiger partial charge in [0.2, 0.25) is 0 Å². The fourth-order valence-corrected chi connectivity index (χ4v) is 0.793. The van der Waals surface area contributed by atoms with Gasteiger partial charge in [0.25, 0.3) is 0 Å². The molecule has 0 heterocycles. The van der Waals surface area contributed by atoms with Crippen LogP contribution in [-0.4, -0.2) is 0 Å². The van der Waals surface area contributed by atoms with Gasteiger partial charge >= 0.3 is 0 Å². The molecule has 11 heavy (non-hydrogen) atoms. The van der Waals surface area contributed by atoms with E-state index in [0.29, 0.717) is 5.57 Å². The third-order valence-electron chi connectivity index (χ3n) is 1.40. The molecule has 54 valence electrons. The SMILES string of the molecule is CC1=C/C=C\C(C#N)=C/C=C\1. The van der Waals surface area contributed by atoms with Gasteiger partial charge in [-0.05, 0) is 19.1 Å². The van der Waals surface area contributed by atoms with E-state index in [-0.39, 0.29) is 0 Å². The molecule has 0 saturated carbocycles. The van der Waals surface area contributed by atoms with Gasteiger partial charge in [-0.1, -0.05) is 29.9 Å². The van der Waals surface area contributed by atoms with Gasteiger partial charge in [-0.3, -0.25) is 0 Å². The summed E-state index contributed by atoms with van der Waals surface area (Å²) >= 11 is 0. The van der Waals surface area contributed by atoms with Crippen LogP contribution in [0.3, 0.4) is 0 Å². The molecule has 0 atom stereocenters. The van der Waals surface area contributed by atoms with Crippen LogP contribution in [0.4, 0.5) is 0 Å². The average molecular weight is 143 g/mol. The normalized spacial score (nSPS) is 31.3. The second-order valence-corrected chi connectivity index (χ2v) is 2.36. The van der Waals surface area contributed by atoms with E-state index >= 15 is 0 Å². The monoisotopic (exact) mass is 143 g/mol. The molecule has 0 amide bonds. The predicted molar refractivity (Wildman–Crippen MR) is 45.7 cm³/mol. The zero-order valence-corrected chi connectivity index (χ0v) is 6.41. The largest absolute Gasteiger partial charge is 0.192 e. The number of allylic oxidation sites excluding steroid dienone is 8. The summed E-state index contributed by atoms with van der Waals surface area (Å²) in [4.78, 5) is 0. The smallest absolute Gasteiger partial charge is 0.0991 e. The van der Waals surface area contributed by atoms with Gasteiger partial charge in [-0.15, -0.1) is 0 Å². The molecule has 0 bridgehead atoms. The summed E-state index contributed by atoms with van der Waals surface area (Å²) in [5.41, 5.74) is 1.87. The molecule has 1 nitrogen and oxygen atoms in total. The number of nitrogens with zero attached hydrogens (tertiary/aromatic N) is 1. The second-order valence-electron chi connectivity index (χ2n) is 2.36. The molecular weight excluding hydrogens is 134 g/mol. The highest BCUT2D eigenvalue weighted by molar-refractivity contribution is 5.41. The number of rotatable bonds is 0. The van der Waals surface area contributed by atoms with Crippen molar-refractivity contribution in [3.05, 3.63) is 47.6 Å². The molecule has 0 aliphatic heterocycles. The van der Waals surface area contributed by atoms with E-state index in [1.165, 1.54) is 5.57 Å². The summed E-state index contributed by atoms with van der Waals surface area (Å²) < 4.78 is 0. The summed E-state index contributed by atoms with van der Waals surface area (Å²) in [6, 6.07) is 2.08. The Hall–Kier alpha value is -1.55. The molecular formula is C10H9N. The van der Waals surface area contributed by atoms with Gasteiger partial charge in [0, 0.05) is 0 Å². The molecule has 0 unspecified atom stereocenters. The van der Waals surface area contributed by atoms with Crippen molar-refractivity contribution < 1.29 is 0 Å². The highest BCUT2D eigenvalue weighted by Gasteiger charge is 1.87. The average Bonchev–Trinajstić information content (AvgIpc) is 1.96. The molecule has 1 aliphatic carbocycles. The lowest BCUT2D eigenvalue weighted by molar-refractivity contribution is 1.47. The molecule has 1 heteroatoms. The van der Waals surface area contributed by atoms with E-state index in [4.69, 9.17) is 5.26 Å². The Morgan fingerprint density at radius 2 is 1.91 bits per heavy atom. The van der Waals surface area contributed by atoms with Gasteiger partial charge in [0.05, 0.1) is 11.6 Å². The molecule has 1 rings (SSSR count). The van der Waals surface area contributed by atoms with Gasteiger partial charge in [-0.25, -0.2) is 0 Å². The summed E-state index contributed by atoms with van der Waals surface area (Å²) in [5.74, 6) is 0. The lowest BCUT2D eigenvalue weighted by atomic mass is 10.1. The van der Waals surface area contributed by atoms with Crippen LogP contribution in [0.2, 0.25) is 0 Å². The first-order valence-corrected chi connectivity index (χ1v) is 3.46. The zero-order valence-electron chi connectivity index (χ0n) is 6.41. The lowest BCUT2D eigenvalue weighted by Crippen LogP contribution is -1.74. The minimum absolute atomic E-state index is 0.685. The van der Waals surface area contributed by atoms with E-state index in [1.54, 1.807) is 12.2 Å². The van der Waals surface area contributed by atoms with Crippen LogP contribution in [0.25, 0.3) is 0 Å². The maximum Gasteiger partial charge on any atom is 0.0991 e. The van der Waals surface area contributed by atoms with Gasteiger partial charge in [0.1, 0.15) is 0 Å². The standard InChI is InChI=1S/C10H9N/c1-9-4-2-6-10(8-11)7-3-5-9/h2-7H,1H3/b4-2-,5-3?,6-2?,7-3-,9-4?,9-5-,10-6+,10-7?. The van der Waals surface area contributed by atoms with Gasteiger partial charge in [-0.2, -0.15) is 5.26 Å². The van der Waals surface area contributed by atoms with Crippen molar-refractivity contribution >= 4 is 0 Å². The Bertz CT molecular complexity index is 295. The van der Waals surface area contributed by atoms with Crippen molar-refractivity contribution in [2.75, 3.05) is 0 Å². The topological polar surface area (TPSA) is 23.8 Å². The van der Waals surface area contributed by atoms with E-state index in [9.17, 15) is 0 Å². The van der Waals surface area contributed by atoms with E-state index in [1.807, 2.05) is 31.2 Å². The lowest BCUT2D eigenvalue weighted by Gasteiger charge is -1.91.